The van der Waals surface area contributed by atoms with E-state index in [9.17, 15) is 24.5 Å². The third-order valence-corrected chi connectivity index (χ3v) is 10.1. The molecule has 0 spiro atoms. The Balaban J connectivity index is 1.51. The van der Waals surface area contributed by atoms with E-state index in [0.717, 1.165) is 17.0 Å². The summed E-state index contributed by atoms with van der Waals surface area (Å²) >= 11 is 7.35. The van der Waals surface area contributed by atoms with Crippen molar-refractivity contribution in [3.8, 4) is 0 Å². The van der Waals surface area contributed by atoms with E-state index in [1.54, 1.807) is 0 Å². The van der Waals surface area contributed by atoms with Crippen molar-refractivity contribution >= 4 is 55.3 Å². The summed E-state index contributed by atoms with van der Waals surface area (Å²) in [6.07, 6.45) is 0.793. The minimum absolute atomic E-state index is 0.0262. The van der Waals surface area contributed by atoms with E-state index in [4.69, 9.17) is 0 Å². The summed E-state index contributed by atoms with van der Waals surface area (Å²) < 4.78 is 0. The van der Waals surface area contributed by atoms with Gasteiger partial charge >= 0.3 is 0 Å². The van der Waals surface area contributed by atoms with Gasteiger partial charge in [0.15, 0.2) is 0 Å². The van der Waals surface area contributed by atoms with Crippen molar-refractivity contribution in [2.75, 3.05) is 0 Å². The molecule has 1 saturated heterocycles. The maximum atomic E-state index is 13.5. The fourth-order valence-electron chi connectivity index (χ4n) is 5.44. The summed E-state index contributed by atoms with van der Waals surface area (Å²) in [5, 5.41) is 13.2. The van der Waals surface area contributed by atoms with E-state index in [-0.39, 0.29) is 51.1 Å². The Morgan fingerprint density at radius 3 is 2.03 bits per heavy atom. The summed E-state index contributed by atoms with van der Waals surface area (Å²) in [5.74, 6) is -2.13. The molecule has 3 amide bonds. The molecule has 10 heteroatoms. The number of imide groups is 1. The Morgan fingerprint density at radius 1 is 0.970 bits per heavy atom. The largest absolute Gasteiger partial charge is 0.273 e. The van der Waals surface area contributed by atoms with Crippen LogP contribution in [0.25, 0.3) is 0 Å². The summed E-state index contributed by atoms with van der Waals surface area (Å²) in [5.41, 5.74) is 0.770. The molecular weight excluding hydrogens is 558 g/mol. The molecule has 2 aliphatic carbocycles. The van der Waals surface area contributed by atoms with Crippen molar-refractivity contribution in [1.29, 1.82) is 0 Å². The Morgan fingerprint density at radius 2 is 1.52 bits per heavy atom. The van der Waals surface area contributed by atoms with Crippen LogP contribution in [0.4, 0.5) is 5.69 Å². The molecule has 8 nitrogen and oxygen atoms in total. The standard InChI is InChI=1S/C23H19Br2N3O5/c24-19-15-10-16(20(19)25)18-17(15)22(30)27(23(18)31)26(11-12-4-2-1-3-5-12)21(29)13-6-8-14(9-7-13)28(32)33/h1-9,15-20H,10-11H2/t15-,16-,17-,18+,19+,20+/m1/s1. The zero-order valence-corrected chi connectivity index (χ0v) is 20.4. The van der Waals surface area contributed by atoms with Gasteiger partial charge in [0.2, 0.25) is 0 Å². The van der Waals surface area contributed by atoms with E-state index < -0.39 is 22.7 Å². The SMILES string of the molecule is O=C(c1ccc([N+](=O)[O-])cc1)N(Cc1ccccc1)N1C(=O)[C@@H]2[C@H]3C[C@@H]([C@H](Br)[C@H]3Br)[C@@H]2C1=O. The second-order valence-electron chi connectivity index (χ2n) is 8.64. The minimum atomic E-state index is -0.562. The van der Waals surface area contributed by atoms with Crippen LogP contribution in [0.3, 0.4) is 0 Å². The molecule has 0 unspecified atom stereocenters. The second kappa shape index (κ2) is 8.32. The molecule has 2 saturated carbocycles. The van der Waals surface area contributed by atoms with E-state index in [1.165, 1.54) is 29.3 Å². The third-order valence-electron chi connectivity index (χ3n) is 6.94. The van der Waals surface area contributed by atoms with Gasteiger partial charge in [0.05, 0.1) is 23.3 Å². The van der Waals surface area contributed by atoms with Gasteiger partial charge in [0, 0.05) is 27.4 Å². The molecule has 0 radical (unpaired) electrons. The molecule has 2 bridgehead atoms. The topological polar surface area (TPSA) is 101 Å². The van der Waals surface area contributed by atoms with Gasteiger partial charge in [-0.2, -0.15) is 5.01 Å². The van der Waals surface area contributed by atoms with Crippen molar-refractivity contribution in [1.82, 2.24) is 10.0 Å². The van der Waals surface area contributed by atoms with Crippen LogP contribution in [0, 0.1) is 33.8 Å². The van der Waals surface area contributed by atoms with Crippen LogP contribution >= 0.6 is 31.9 Å². The summed E-state index contributed by atoms with van der Waals surface area (Å²) in [6, 6.07) is 14.3. The van der Waals surface area contributed by atoms with Gasteiger partial charge in [-0.1, -0.05) is 62.2 Å². The predicted octanol–water partition coefficient (Wildman–Crippen LogP) is 3.93. The Kier molecular flexibility index (Phi) is 5.60. The lowest BCUT2D eigenvalue weighted by Gasteiger charge is -2.31. The number of nitro benzene ring substituents is 1. The lowest BCUT2D eigenvalue weighted by molar-refractivity contribution is -0.384. The number of rotatable bonds is 5. The fourth-order valence-corrected chi connectivity index (χ4v) is 7.31. The van der Waals surface area contributed by atoms with Crippen molar-refractivity contribution < 1.29 is 19.3 Å². The molecule has 6 atom stereocenters. The molecule has 2 aromatic rings. The van der Waals surface area contributed by atoms with Gasteiger partial charge in [-0.05, 0) is 36.0 Å². The van der Waals surface area contributed by atoms with Crippen LogP contribution in [-0.2, 0) is 16.1 Å². The zero-order chi connectivity index (χ0) is 23.4. The highest BCUT2D eigenvalue weighted by molar-refractivity contribution is 9.12. The van der Waals surface area contributed by atoms with Crippen LogP contribution in [0.2, 0.25) is 0 Å². The van der Waals surface area contributed by atoms with Gasteiger partial charge < -0.3 is 0 Å². The van der Waals surface area contributed by atoms with Crippen molar-refractivity contribution in [3.63, 3.8) is 0 Å². The fraction of sp³-hybridized carbons (Fsp3) is 0.348. The Bertz CT molecular complexity index is 1110. The maximum absolute atomic E-state index is 13.5. The Hall–Kier alpha value is -2.59. The summed E-state index contributed by atoms with van der Waals surface area (Å²) in [6.45, 7) is 0.0262. The van der Waals surface area contributed by atoms with Crippen molar-refractivity contribution in [3.05, 3.63) is 75.8 Å². The molecule has 5 rings (SSSR count). The smallest absolute Gasteiger partial charge is 0.272 e. The molecule has 1 aliphatic heterocycles. The maximum Gasteiger partial charge on any atom is 0.273 e. The van der Waals surface area contributed by atoms with Gasteiger partial charge in [0.1, 0.15) is 0 Å². The van der Waals surface area contributed by atoms with Gasteiger partial charge in [-0.25, -0.2) is 5.01 Å². The number of nitro groups is 1. The van der Waals surface area contributed by atoms with Crippen LogP contribution in [0.1, 0.15) is 22.3 Å². The molecule has 1 heterocycles. The number of nitrogens with zero attached hydrogens (tertiary/aromatic N) is 3. The van der Waals surface area contributed by atoms with Crippen LogP contribution < -0.4 is 0 Å². The van der Waals surface area contributed by atoms with Crippen molar-refractivity contribution in [2.45, 2.75) is 22.6 Å². The average molecular weight is 577 g/mol. The molecule has 0 aromatic heterocycles. The highest BCUT2D eigenvalue weighted by Gasteiger charge is 2.67. The number of non-ortho nitro benzene ring substituents is 1. The molecule has 170 valence electrons. The average Bonchev–Trinajstić information content (AvgIpc) is 3.43. The number of hydrogen-bond donors (Lipinski definition) is 0. The first-order chi connectivity index (χ1) is 15.8. The third kappa shape index (κ3) is 3.50. The molecule has 33 heavy (non-hydrogen) atoms. The molecule has 3 fully saturated rings. The number of hydrogen-bond acceptors (Lipinski definition) is 5. The van der Waals surface area contributed by atoms with Gasteiger partial charge in [-0.3, -0.25) is 24.5 Å². The number of fused-ring (bicyclic) bond motifs is 5. The predicted molar refractivity (Wildman–Crippen MR) is 125 cm³/mol. The normalized spacial score (nSPS) is 29.9. The van der Waals surface area contributed by atoms with Crippen molar-refractivity contribution in [2.24, 2.45) is 23.7 Å². The lowest BCUT2D eigenvalue weighted by Crippen LogP contribution is -2.50. The molecule has 3 aliphatic rings. The first-order valence-corrected chi connectivity index (χ1v) is 12.4. The van der Waals surface area contributed by atoms with Gasteiger partial charge in [0.25, 0.3) is 23.4 Å². The number of amides is 3. The van der Waals surface area contributed by atoms with Gasteiger partial charge in [-0.15, -0.1) is 0 Å². The number of hydrazine groups is 1. The number of halogens is 2. The summed E-state index contributed by atoms with van der Waals surface area (Å²) in [7, 11) is 0. The number of alkyl halides is 2. The van der Waals surface area contributed by atoms with Crippen LogP contribution in [0.5, 0.6) is 0 Å². The zero-order valence-electron chi connectivity index (χ0n) is 17.2. The highest BCUT2D eigenvalue weighted by Crippen LogP contribution is 2.60. The quantitative estimate of drug-likeness (QED) is 0.232. The van der Waals surface area contributed by atoms with E-state index in [2.05, 4.69) is 31.9 Å². The molecular formula is C23H19Br2N3O5. The highest BCUT2D eigenvalue weighted by atomic mass is 79.9. The monoisotopic (exact) mass is 575 g/mol. The van der Waals surface area contributed by atoms with Crippen LogP contribution in [0.15, 0.2) is 54.6 Å². The molecule has 0 N–H and O–H groups in total. The Labute approximate surface area is 206 Å². The van der Waals surface area contributed by atoms with E-state index in [1.807, 2.05) is 30.3 Å². The first kappa shape index (κ1) is 22.2. The lowest BCUT2D eigenvalue weighted by atomic mass is 9.81. The number of carbonyl (C=O) groups excluding carboxylic acids is 3. The minimum Gasteiger partial charge on any atom is -0.272 e. The first-order valence-electron chi connectivity index (χ1n) is 10.6. The number of carbonyl (C=O) groups is 3. The number of benzene rings is 2. The van der Waals surface area contributed by atoms with E-state index in [0.29, 0.717) is 0 Å². The second-order valence-corrected chi connectivity index (χ2v) is 10.8. The summed E-state index contributed by atoms with van der Waals surface area (Å²) in [4.78, 5) is 51.2. The van der Waals surface area contributed by atoms with Crippen LogP contribution in [-0.4, -0.2) is 42.3 Å². The van der Waals surface area contributed by atoms with E-state index >= 15 is 0 Å². The molecule has 2 aromatic carbocycles.